The average Bonchev–Trinajstić information content (AvgIpc) is 2.68. The number of hydrogen-bond acceptors (Lipinski definition) is 3. The molecule has 3 rings (SSSR count). The molecule has 0 aliphatic carbocycles. The van der Waals surface area contributed by atoms with Crippen LogP contribution in [-0.2, 0) is 11.3 Å². The normalized spacial score (nSPS) is 17.9. The summed E-state index contributed by atoms with van der Waals surface area (Å²) in [6.45, 7) is 17.2. The zero-order chi connectivity index (χ0) is 23.6. The van der Waals surface area contributed by atoms with Gasteiger partial charge < -0.3 is 5.11 Å². The fourth-order valence-corrected chi connectivity index (χ4v) is 5.05. The number of allylic oxidation sites excluding steroid dienone is 1. The molecule has 1 N–H and O–H groups in total. The number of hydroxylamine groups is 1. The lowest BCUT2D eigenvalue weighted by Gasteiger charge is -2.40. The highest BCUT2D eigenvalue weighted by molar-refractivity contribution is 5.81. The molecule has 174 valence electrons. The molecule has 1 aliphatic heterocycles. The Morgan fingerprint density at radius 3 is 2.34 bits per heavy atom. The molecule has 2 aromatic rings. The maximum absolute atomic E-state index is 9.95. The molecule has 0 fully saturated rings. The van der Waals surface area contributed by atoms with Crippen LogP contribution in [0.1, 0.15) is 86.9 Å². The van der Waals surface area contributed by atoms with Gasteiger partial charge >= 0.3 is 0 Å². The smallest absolute Gasteiger partial charge is 0.101 e. The van der Waals surface area contributed by atoms with Gasteiger partial charge in [-0.05, 0) is 87.8 Å². The van der Waals surface area contributed by atoms with Gasteiger partial charge in [0, 0.05) is 12.0 Å². The van der Waals surface area contributed by atoms with Crippen LogP contribution in [0.25, 0.3) is 5.57 Å². The van der Waals surface area contributed by atoms with Gasteiger partial charge in [-0.3, -0.25) is 4.84 Å². The molecule has 0 spiro atoms. The van der Waals surface area contributed by atoms with Crippen LogP contribution in [0.2, 0.25) is 0 Å². The summed E-state index contributed by atoms with van der Waals surface area (Å²) in [5.41, 5.74) is 10.4. The van der Waals surface area contributed by atoms with Gasteiger partial charge in [0.05, 0.1) is 17.9 Å². The summed E-state index contributed by atoms with van der Waals surface area (Å²) in [4.78, 5) is 6.60. The molecule has 0 amide bonds. The van der Waals surface area contributed by atoms with Crippen LogP contribution in [0, 0.1) is 26.7 Å². The zero-order valence-corrected chi connectivity index (χ0v) is 21.2. The molecule has 32 heavy (non-hydrogen) atoms. The minimum atomic E-state index is -0.398. The first kappa shape index (κ1) is 24.5. The first-order valence-corrected chi connectivity index (χ1v) is 12.2. The number of aliphatic hydroxyl groups excluding tert-OH is 1. The highest BCUT2D eigenvalue weighted by Crippen LogP contribution is 2.44. The molecule has 3 heteroatoms. The van der Waals surface area contributed by atoms with Gasteiger partial charge in [-0.15, -0.1) is 0 Å². The number of aliphatic hydroxyl groups is 1. The third-order valence-corrected chi connectivity index (χ3v) is 6.27. The number of anilines is 1. The van der Waals surface area contributed by atoms with E-state index in [4.69, 9.17) is 4.84 Å². The van der Waals surface area contributed by atoms with Gasteiger partial charge in [-0.1, -0.05) is 56.2 Å². The van der Waals surface area contributed by atoms with E-state index in [1.54, 1.807) is 0 Å². The van der Waals surface area contributed by atoms with Crippen LogP contribution in [0.3, 0.4) is 0 Å². The summed E-state index contributed by atoms with van der Waals surface area (Å²) in [6.07, 6.45) is 4.55. The van der Waals surface area contributed by atoms with E-state index >= 15 is 0 Å². The molecule has 0 bridgehead atoms. The first-order valence-electron chi connectivity index (χ1n) is 12.2. The minimum absolute atomic E-state index is 0.00366. The summed E-state index contributed by atoms with van der Waals surface area (Å²) in [6, 6.07) is 11.3. The SMILES string of the molecule is CCc1c(C)cc(C)cc1C1C=C(CC(C)C)c2cc(C)ccc2N1OC(C)CC(C)O. The second-order valence-corrected chi connectivity index (χ2v) is 10.1. The van der Waals surface area contributed by atoms with Gasteiger partial charge in [0.25, 0.3) is 0 Å². The van der Waals surface area contributed by atoms with E-state index in [0.717, 1.165) is 18.5 Å². The van der Waals surface area contributed by atoms with E-state index in [9.17, 15) is 5.11 Å². The Bertz CT molecular complexity index is 973. The largest absolute Gasteiger partial charge is 0.393 e. The van der Waals surface area contributed by atoms with Crippen molar-refractivity contribution in [2.24, 2.45) is 5.92 Å². The van der Waals surface area contributed by atoms with Crippen LogP contribution in [0.5, 0.6) is 0 Å². The molecule has 1 aliphatic rings. The number of nitrogens with zero attached hydrogens (tertiary/aromatic N) is 1. The quantitative estimate of drug-likeness (QED) is 0.474. The van der Waals surface area contributed by atoms with Crippen molar-refractivity contribution in [1.29, 1.82) is 0 Å². The van der Waals surface area contributed by atoms with Crippen molar-refractivity contribution in [2.75, 3.05) is 5.06 Å². The molecule has 0 saturated heterocycles. The molecule has 1 heterocycles. The lowest BCUT2D eigenvalue weighted by atomic mass is 9.85. The highest BCUT2D eigenvalue weighted by atomic mass is 16.7. The van der Waals surface area contributed by atoms with Crippen molar-refractivity contribution in [3.63, 3.8) is 0 Å². The molecule has 0 aromatic heterocycles. The zero-order valence-electron chi connectivity index (χ0n) is 21.2. The Kier molecular flexibility index (Phi) is 7.84. The molecule has 3 atom stereocenters. The second kappa shape index (κ2) is 10.2. The maximum atomic E-state index is 9.95. The van der Waals surface area contributed by atoms with Crippen molar-refractivity contribution in [3.8, 4) is 0 Å². The fourth-order valence-electron chi connectivity index (χ4n) is 5.05. The Hall–Kier alpha value is -2.10. The van der Waals surface area contributed by atoms with Gasteiger partial charge in [0.15, 0.2) is 0 Å². The predicted octanol–water partition coefficient (Wildman–Crippen LogP) is 7.26. The van der Waals surface area contributed by atoms with E-state index in [2.05, 4.69) is 83.0 Å². The standard InChI is InChI=1S/C29H41NO2/c1-9-25-21(6)13-20(5)15-27(25)29-17-24(12-18(2)3)26-14-19(4)10-11-28(26)30(29)32-23(8)16-22(7)31/h10-11,13-15,17-18,22-23,29,31H,9,12,16H2,1-8H3. The van der Waals surface area contributed by atoms with E-state index in [0.29, 0.717) is 12.3 Å². The van der Waals surface area contributed by atoms with Crippen molar-refractivity contribution in [2.45, 2.75) is 92.9 Å². The van der Waals surface area contributed by atoms with Crippen LogP contribution >= 0.6 is 0 Å². The minimum Gasteiger partial charge on any atom is -0.393 e. The number of fused-ring (bicyclic) bond motifs is 1. The summed E-state index contributed by atoms with van der Waals surface area (Å²) >= 11 is 0. The van der Waals surface area contributed by atoms with Gasteiger partial charge in [-0.25, -0.2) is 5.06 Å². The van der Waals surface area contributed by atoms with E-state index in [-0.39, 0.29) is 12.1 Å². The summed E-state index contributed by atoms with van der Waals surface area (Å²) in [7, 11) is 0. The number of rotatable bonds is 8. The number of aryl methyl sites for hydroxylation is 3. The van der Waals surface area contributed by atoms with Gasteiger partial charge in [0.1, 0.15) is 6.04 Å². The van der Waals surface area contributed by atoms with Gasteiger partial charge in [-0.2, -0.15) is 0 Å². The molecule has 0 saturated carbocycles. The van der Waals surface area contributed by atoms with Crippen LogP contribution in [-0.4, -0.2) is 17.3 Å². The molecule has 0 radical (unpaired) electrons. The lowest BCUT2D eigenvalue weighted by Crippen LogP contribution is -2.36. The van der Waals surface area contributed by atoms with Crippen molar-refractivity contribution >= 4 is 11.3 Å². The summed E-state index contributed by atoms with van der Waals surface area (Å²) < 4.78 is 0. The van der Waals surface area contributed by atoms with Crippen molar-refractivity contribution < 1.29 is 9.94 Å². The molecule has 3 nitrogen and oxygen atoms in total. The Morgan fingerprint density at radius 1 is 1.00 bits per heavy atom. The Labute approximate surface area is 195 Å². The average molecular weight is 436 g/mol. The Balaban J connectivity index is 2.20. The fraction of sp³-hybridized carbons (Fsp3) is 0.517. The number of benzene rings is 2. The maximum Gasteiger partial charge on any atom is 0.101 e. The molecule has 2 aromatic carbocycles. The van der Waals surface area contributed by atoms with E-state index < -0.39 is 6.10 Å². The van der Waals surface area contributed by atoms with Crippen molar-refractivity contribution in [1.82, 2.24) is 0 Å². The lowest BCUT2D eigenvalue weighted by molar-refractivity contribution is 0.00454. The van der Waals surface area contributed by atoms with Crippen LogP contribution < -0.4 is 5.06 Å². The highest BCUT2D eigenvalue weighted by Gasteiger charge is 2.32. The van der Waals surface area contributed by atoms with Gasteiger partial charge in [0.2, 0.25) is 0 Å². The Morgan fingerprint density at radius 2 is 1.72 bits per heavy atom. The monoisotopic (exact) mass is 435 g/mol. The summed E-state index contributed by atoms with van der Waals surface area (Å²) in [5.74, 6) is 0.571. The molecule has 3 unspecified atom stereocenters. The second-order valence-electron chi connectivity index (χ2n) is 10.1. The number of hydrogen-bond donors (Lipinski definition) is 1. The molecular formula is C29H41NO2. The van der Waals surface area contributed by atoms with Crippen LogP contribution in [0.15, 0.2) is 36.4 Å². The van der Waals surface area contributed by atoms with E-state index in [1.165, 1.54) is 39.0 Å². The third-order valence-electron chi connectivity index (χ3n) is 6.27. The topological polar surface area (TPSA) is 32.7 Å². The third kappa shape index (κ3) is 5.44. The predicted molar refractivity (Wildman–Crippen MR) is 136 cm³/mol. The van der Waals surface area contributed by atoms with Crippen molar-refractivity contribution in [3.05, 3.63) is 69.8 Å². The van der Waals surface area contributed by atoms with E-state index in [1.807, 2.05) is 13.8 Å². The molecular weight excluding hydrogens is 394 g/mol. The first-order chi connectivity index (χ1) is 15.1. The summed E-state index contributed by atoms with van der Waals surface area (Å²) in [5, 5.41) is 12.1. The van der Waals surface area contributed by atoms with Crippen LogP contribution in [0.4, 0.5) is 5.69 Å².